The van der Waals surface area contributed by atoms with Crippen molar-refractivity contribution >= 4 is 11.5 Å². The molecular weight excluding hydrogens is 242 g/mol. The molecule has 1 aromatic heterocycles. The topological polar surface area (TPSA) is 76.3 Å². The molecule has 2 heterocycles. The van der Waals surface area contributed by atoms with Crippen molar-refractivity contribution in [2.24, 2.45) is 0 Å². The van der Waals surface area contributed by atoms with E-state index in [0.29, 0.717) is 30.0 Å². The zero-order valence-electron chi connectivity index (χ0n) is 11.7. The van der Waals surface area contributed by atoms with Crippen molar-refractivity contribution in [2.75, 3.05) is 37.3 Å². The molecule has 1 aliphatic heterocycles. The van der Waals surface area contributed by atoms with E-state index in [-0.39, 0.29) is 0 Å². The Bertz CT molecular complexity index is 412. The number of hydrogen-bond acceptors (Lipinski definition) is 6. The standard InChI is InChI=1S/C13H23N5O/c1-3-18-7-5-6-10(8-18)17-12-11(14)13(19-4-2)16-9-15-12/h9-10H,3-8,14H2,1-2H3,(H,15,16,17). The van der Waals surface area contributed by atoms with Gasteiger partial charge in [0.2, 0.25) is 5.88 Å². The number of piperidine rings is 1. The van der Waals surface area contributed by atoms with Crippen molar-refractivity contribution in [1.29, 1.82) is 0 Å². The molecule has 0 amide bonds. The number of aromatic nitrogens is 2. The smallest absolute Gasteiger partial charge is 0.242 e. The first-order chi connectivity index (χ1) is 9.24. The summed E-state index contributed by atoms with van der Waals surface area (Å²) in [4.78, 5) is 10.7. The van der Waals surface area contributed by atoms with E-state index in [9.17, 15) is 0 Å². The minimum Gasteiger partial charge on any atom is -0.476 e. The largest absolute Gasteiger partial charge is 0.476 e. The third-order valence-corrected chi connectivity index (χ3v) is 3.42. The maximum atomic E-state index is 6.03. The average molecular weight is 265 g/mol. The van der Waals surface area contributed by atoms with Crippen molar-refractivity contribution < 1.29 is 4.74 Å². The highest BCUT2D eigenvalue weighted by molar-refractivity contribution is 5.66. The third kappa shape index (κ3) is 3.47. The van der Waals surface area contributed by atoms with E-state index in [0.717, 1.165) is 19.5 Å². The van der Waals surface area contributed by atoms with Crippen molar-refractivity contribution in [3.05, 3.63) is 6.33 Å². The summed E-state index contributed by atoms with van der Waals surface area (Å²) in [6.45, 7) is 7.95. The second-order valence-electron chi connectivity index (χ2n) is 4.75. The Kier molecular flexibility index (Phi) is 4.79. The summed E-state index contributed by atoms with van der Waals surface area (Å²) in [6.07, 6.45) is 3.84. The number of hydrogen-bond donors (Lipinski definition) is 2. The van der Waals surface area contributed by atoms with Crippen LogP contribution in [0.4, 0.5) is 11.5 Å². The quantitative estimate of drug-likeness (QED) is 0.837. The van der Waals surface area contributed by atoms with E-state index in [4.69, 9.17) is 10.5 Å². The Labute approximate surface area is 114 Å². The molecule has 1 aromatic rings. The molecule has 6 nitrogen and oxygen atoms in total. The fourth-order valence-electron chi connectivity index (χ4n) is 2.40. The van der Waals surface area contributed by atoms with E-state index in [2.05, 4.69) is 27.1 Å². The fourth-order valence-corrected chi connectivity index (χ4v) is 2.40. The molecule has 6 heteroatoms. The molecule has 0 aliphatic carbocycles. The number of nitrogen functional groups attached to an aromatic ring is 1. The zero-order chi connectivity index (χ0) is 13.7. The average Bonchev–Trinajstić information content (AvgIpc) is 2.44. The molecule has 0 spiro atoms. The van der Waals surface area contributed by atoms with Crippen LogP contribution in [-0.2, 0) is 0 Å². The van der Waals surface area contributed by atoms with Crippen LogP contribution in [-0.4, -0.2) is 47.2 Å². The Balaban J connectivity index is 2.04. The van der Waals surface area contributed by atoms with Crippen LogP contribution in [0, 0.1) is 0 Å². The molecule has 3 N–H and O–H groups in total. The second-order valence-corrected chi connectivity index (χ2v) is 4.75. The van der Waals surface area contributed by atoms with Gasteiger partial charge in [-0.3, -0.25) is 0 Å². The number of anilines is 2. The predicted octanol–water partition coefficient (Wildman–Crippen LogP) is 1.35. The molecule has 0 bridgehead atoms. The van der Waals surface area contributed by atoms with Crippen LogP contribution in [0.25, 0.3) is 0 Å². The van der Waals surface area contributed by atoms with E-state index in [1.54, 1.807) is 0 Å². The molecule has 1 aliphatic rings. The lowest BCUT2D eigenvalue weighted by atomic mass is 10.1. The number of nitrogens with two attached hydrogens (primary N) is 1. The molecule has 1 unspecified atom stereocenters. The lowest BCUT2D eigenvalue weighted by Gasteiger charge is -2.32. The summed E-state index contributed by atoms with van der Waals surface area (Å²) in [5.74, 6) is 1.14. The number of nitrogens with one attached hydrogen (secondary N) is 1. The molecule has 1 atom stereocenters. The summed E-state index contributed by atoms with van der Waals surface area (Å²) < 4.78 is 5.38. The number of likely N-dealkylation sites (N-methyl/N-ethyl adjacent to an activating group) is 1. The fraction of sp³-hybridized carbons (Fsp3) is 0.692. The molecule has 1 saturated heterocycles. The van der Waals surface area contributed by atoms with Gasteiger partial charge in [0.25, 0.3) is 0 Å². The maximum Gasteiger partial charge on any atom is 0.242 e. The number of likely N-dealkylation sites (tertiary alicyclic amines) is 1. The monoisotopic (exact) mass is 265 g/mol. The van der Waals surface area contributed by atoms with Gasteiger partial charge in [0.05, 0.1) is 6.61 Å². The first-order valence-corrected chi connectivity index (χ1v) is 6.96. The molecule has 0 saturated carbocycles. The van der Waals surface area contributed by atoms with Gasteiger partial charge in [-0.1, -0.05) is 6.92 Å². The second kappa shape index (κ2) is 6.56. The maximum absolute atomic E-state index is 6.03. The molecule has 2 rings (SSSR count). The van der Waals surface area contributed by atoms with Crippen molar-refractivity contribution in [3.63, 3.8) is 0 Å². The summed E-state index contributed by atoms with van der Waals surface area (Å²) >= 11 is 0. The van der Waals surface area contributed by atoms with Gasteiger partial charge in [-0.25, -0.2) is 4.98 Å². The third-order valence-electron chi connectivity index (χ3n) is 3.42. The van der Waals surface area contributed by atoms with E-state index in [1.807, 2.05) is 6.92 Å². The van der Waals surface area contributed by atoms with Crippen LogP contribution in [0.3, 0.4) is 0 Å². The highest BCUT2D eigenvalue weighted by Gasteiger charge is 2.20. The van der Waals surface area contributed by atoms with E-state index < -0.39 is 0 Å². The van der Waals surface area contributed by atoms with Crippen LogP contribution >= 0.6 is 0 Å². The molecular formula is C13H23N5O. The Morgan fingerprint density at radius 2 is 2.32 bits per heavy atom. The summed E-state index contributed by atoms with van der Waals surface area (Å²) in [6, 6.07) is 0.389. The Morgan fingerprint density at radius 3 is 3.05 bits per heavy atom. The zero-order valence-corrected chi connectivity index (χ0v) is 11.7. The van der Waals surface area contributed by atoms with Gasteiger partial charge in [-0.05, 0) is 32.9 Å². The van der Waals surface area contributed by atoms with Gasteiger partial charge in [-0.2, -0.15) is 4.98 Å². The van der Waals surface area contributed by atoms with Crippen LogP contribution < -0.4 is 15.8 Å². The van der Waals surface area contributed by atoms with Gasteiger partial charge < -0.3 is 20.7 Å². The molecule has 1 fully saturated rings. The summed E-state index contributed by atoms with van der Waals surface area (Å²) in [5.41, 5.74) is 6.53. The SMILES string of the molecule is CCOc1ncnc(NC2CCCN(CC)C2)c1N. The predicted molar refractivity (Wildman–Crippen MR) is 76.4 cm³/mol. The van der Waals surface area contributed by atoms with Crippen molar-refractivity contribution in [1.82, 2.24) is 14.9 Å². The van der Waals surface area contributed by atoms with Crippen LogP contribution in [0.5, 0.6) is 5.88 Å². The van der Waals surface area contributed by atoms with Crippen LogP contribution in [0.15, 0.2) is 6.33 Å². The lowest BCUT2D eigenvalue weighted by molar-refractivity contribution is 0.226. The van der Waals surface area contributed by atoms with Gasteiger partial charge >= 0.3 is 0 Å². The van der Waals surface area contributed by atoms with Gasteiger partial charge in [0.1, 0.15) is 12.0 Å². The number of rotatable bonds is 5. The highest BCUT2D eigenvalue weighted by Crippen LogP contribution is 2.26. The van der Waals surface area contributed by atoms with Crippen molar-refractivity contribution in [2.45, 2.75) is 32.7 Å². The number of ether oxygens (including phenoxy) is 1. The normalized spacial score (nSPS) is 20.2. The van der Waals surface area contributed by atoms with E-state index in [1.165, 1.54) is 19.3 Å². The molecule has 0 aromatic carbocycles. The Morgan fingerprint density at radius 1 is 1.47 bits per heavy atom. The lowest BCUT2D eigenvalue weighted by Crippen LogP contribution is -2.42. The van der Waals surface area contributed by atoms with Gasteiger partial charge in [0, 0.05) is 12.6 Å². The van der Waals surface area contributed by atoms with Crippen molar-refractivity contribution in [3.8, 4) is 5.88 Å². The van der Waals surface area contributed by atoms with Crippen LogP contribution in [0.2, 0.25) is 0 Å². The summed E-state index contributed by atoms with van der Waals surface area (Å²) in [5, 5.41) is 3.41. The van der Waals surface area contributed by atoms with Gasteiger partial charge in [-0.15, -0.1) is 0 Å². The van der Waals surface area contributed by atoms with E-state index >= 15 is 0 Å². The molecule has 19 heavy (non-hydrogen) atoms. The first kappa shape index (κ1) is 13.9. The first-order valence-electron chi connectivity index (χ1n) is 6.96. The summed E-state index contributed by atoms with van der Waals surface area (Å²) in [7, 11) is 0. The Hall–Kier alpha value is -1.56. The minimum absolute atomic E-state index is 0.389. The molecule has 106 valence electrons. The van der Waals surface area contributed by atoms with Crippen LogP contribution in [0.1, 0.15) is 26.7 Å². The molecule has 0 radical (unpaired) electrons. The van der Waals surface area contributed by atoms with Gasteiger partial charge in [0.15, 0.2) is 5.82 Å². The minimum atomic E-state index is 0.389. The highest BCUT2D eigenvalue weighted by atomic mass is 16.5. The number of nitrogens with zero attached hydrogens (tertiary/aromatic N) is 3.